The van der Waals surface area contributed by atoms with Crippen molar-refractivity contribution >= 4 is 59.2 Å². The number of carbonyl (C=O) groups is 10. The Hall–Kier alpha value is -7.00. The van der Waals surface area contributed by atoms with E-state index in [1.165, 1.54) is 32.0 Å². The number of carboxylic acid groups (broad SMARTS) is 2. The van der Waals surface area contributed by atoms with Crippen LogP contribution < -0.4 is 49.1 Å². The molecule has 2 aromatic rings. The average Bonchev–Trinajstić information content (AvgIpc) is 3.98. The second-order valence-corrected chi connectivity index (χ2v) is 14.1. The summed E-state index contributed by atoms with van der Waals surface area (Å²) in [7, 11) is 0. The van der Waals surface area contributed by atoms with Crippen molar-refractivity contribution in [3.05, 3.63) is 36.4 Å². The standard InChI is InChI=1S/C34H48N14O13/c1-14-33(58)48-24(31(56)47-26(48)32(57)45-19(34(59)60)6-15-9-38-12-40-15)25(20-10-39-13-41-20)61-11-21(30(55)43-17(28(53)42-14)4-2-3-5-35)46-29(54)18(8-22(37)49)44-27(52)16(36)7-23(50)51/h9-10,12-14,16-19,21,24-26H,2-8,11,35-36H2,1H3,(H2,37,49)(H,38,40)(H,39,41)(H,42,53)(H,43,55)(H,44,52)(H,45,57)(H,46,54)(H,47,56)(H,50,51)(H,59,60)/t14-,16-,17-,18-,19-,21-,24?,25?,26?/m0/s1. The van der Waals surface area contributed by atoms with Gasteiger partial charge in [0.05, 0.1) is 50.0 Å². The number of H-pyrrole nitrogens is 2. The fraction of sp³-hybridized carbons (Fsp3) is 0.529. The van der Waals surface area contributed by atoms with Crippen LogP contribution in [0.15, 0.2) is 25.0 Å². The molecule has 4 rings (SSSR count). The molecular formula is C34H48N14O13. The molecule has 0 bridgehead atoms. The number of nitrogens with zero attached hydrogens (tertiary/aromatic N) is 3. The van der Waals surface area contributed by atoms with Crippen LogP contribution in [0.3, 0.4) is 0 Å². The van der Waals surface area contributed by atoms with Gasteiger partial charge in [-0.15, -0.1) is 0 Å². The molecule has 2 aliphatic rings. The second kappa shape index (κ2) is 21.3. The number of aromatic amines is 2. The lowest BCUT2D eigenvalue weighted by molar-refractivity contribution is -0.149. The predicted molar refractivity (Wildman–Crippen MR) is 202 cm³/mol. The zero-order chi connectivity index (χ0) is 45.0. The Bertz CT molecular complexity index is 1940. The molecule has 2 aliphatic heterocycles. The number of fused-ring (bicyclic) bond motifs is 1. The molecule has 0 aromatic carbocycles. The smallest absolute Gasteiger partial charge is 0.326 e. The Labute approximate surface area is 345 Å². The third-order valence-electron chi connectivity index (χ3n) is 9.49. The number of hydrogen-bond donors (Lipinski definition) is 13. The van der Waals surface area contributed by atoms with Crippen LogP contribution in [-0.4, -0.2) is 156 Å². The van der Waals surface area contributed by atoms with E-state index >= 15 is 0 Å². The lowest BCUT2D eigenvalue weighted by atomic mass is 10.1. The van der Waals surface area contributed by atoms with Gasteiger partial charge in [-0.2, -0.15) is 0 Å². The molecule has 0 spiro atoms. The molecule has 0 radical (unpaired) electrons. The van der Waals surface area contributed by atoms with Gasteiger partial charge < -0.3 is 74.0 Å². The molecule has 27 heteroatoms. The van der Waals surface area contributed by atoms with Gasteiger partial charge in [0.2, 0.25) is 41.4 Å². The first kappa shape index (κ1) is 46.7. The van der Waals surface area contributed by atoms with Crippen molar-refractivity contribution in [1.29, 1.82) is 0 Å². The summed E-state index contributed by atoms with van der Waals surface area (Å²) in [6.45, 7) is 0.598. The SMILES string of the molecule is C[C@@H]1NC(=O)[C@H](CCCCN)NC(=O)[C@@H](NC(=O)[C@H](CC(N)=O)NC(=O)[C@@H](N)CC(=O)O)COC(c2cnc[nH]2)C2C(=O)NC(C(=O)N[C@@H](Cc3cnc[nH]3)C(=O)O)N2C1=O. The normalized spacial score (nSPS) is 23.6. The fourth-order valence-corrected chi connectivity index (χ4v) is 6.41. The van der Waals surface area contributed by atoms with Gasteiger partial charge in [-0.1, -0.05) is 0 Å². The molecule has 8 amide bonds. The first-order chi connectivity index (χ1) is 28.9. The minimum absolute atomic E-state index is 0.00431. The van der Waals surface area contributed by atoms with Gasteiger partial charge in [-0.3, -0.25) is 48.1 Å². The number of amides is 8. The topological polar surface area (TPSA) is 431 Å². The summed E-state index contributed by atoms with van der Waals surface area (Å²) in [5, 5.41) is 33.1. The number of carbonyl (C=O) groups excluding carboxylic acids is 8. The molecule has 4 heterocycles. The molecule has 16 N–H and O–H groups in total. The van der Waals surface area contributed by atoms with E-state index in [9.17, 15) is 53.1 Å². The number of carboxylic acids is 2. The van der Waals surface area contributed by atoms with Crippen LogP contribution in [-0.2, 0) is 59.1 Å². The van der Waals surface area contributed by atoms with Crippen molar-refractivity contribution in [2.45, 2.75) is 100 Å². The lowest BCUT2D eigenvalue weighted by Gasteiger charge is -2.34. The van der Waals surface area contributed by atoms with Crippen LogP contribution in [0, 0.1) is 0 Å². The summed E-state index contributed by atoms with van der Waals surface area (Å²) in [5.74, 6) is -11.5. The number of nitrogens with one attached hydrogen (secondary N) is 8. The number of rotatable bonds is 18. The maximum Gasteiger partial charge on any atom is 0.326 e. The highest BCUT2D eigenvalue weighted by Gasteiger charge is 2.53. The molecule has 3 unspecified atom stereocenters. The van der Waals surface area contributed by atoms with Crippen LogP contribution in [0.4, 0.5) is 0 Å². The first-order valence-electron chi connectivity index (χ1n) is 18.8. The second-order valence-electron chi connectivity index (χ2n) is 14.1. The number of primary amides is 1. The monoisotopic (exact) mass is 860 g/mol. The van der Waals surface area contributed by atoms with Crippen molar-refractivity contribution in [3.63, 3.8) is 0 Å². The van der Waals surface area contributed by atoms with Gasteiger partial charge in [-0.05, 0) is 32.7 Å². The number of unbranched alkanes of at least 4 members (excludes halogenated alkanes) is 1. The number of ether oxygens (including phenoxy) is 1. The van der Waals surface area contributed by atoms with Gasteiger partial charge in [0.25, 0.3) is 5.91 Å². The Kier molecular flexibility index (Phi) is 16.3. The largest absolute Gasteiger partial charge is 0.481 e. The summed E-state index contributed by atoms with van der Waals surface area (Å²) in [5.41, 5.74) is 16.9. The summed E-state index contributed by atoms with van der Waals surface area (Å²) in [6, 6.07) is -11.6. The third kappa shape index (κ3) is 12.5. The molecule has 2 saturated heterocycles. The minimum Gasteiger partial charge on any atom is -0.481 e. The maximum atomic E-state index is 14.4. The van der Waals surface area contributed by atoms with Crippen molar-refractivity contribution < 1.29 is 62.9 Å². The molecule has 0 saturated carbocycles. The fourth-order valence-electron chi connectivity index (χ4n) is 6.41. The van der Waals surface area contributed by atoms with Crippen molar-refractivity contribution in [1.82, 2.24) is 56.7 Å². The lowest BCUT2D eigenvalue weighted by Crippen LogP contribution is -2.61. The number of hydrogen-bond acceptors (Lipinski definition) is 15. The predicted octanol–water partition coefficient (Wildman–Crippen LogP) is -6.57. The van der Waals surface area contributed by atoms with Crippen LogP contribution in [0.25, 0.3) is 0 Å². The van der Waals surface area contributed by atoms with Crippen molar-refractivity contribution in [2.75, 3.05) is 13.2 Å². The van der Waals surface area contributed by atoms with E-state index in [0.29, 0.717) is 12.1 Å². The number of nitrogens with two attached hydrogens (primary N) is 3. The summed E-state index contributed by atoms with van der Waals surface area (Å²) >= 11 is 0. The number of aromatic nitrogens is 4. The number of imidazole rings is 2. The van der Waals surface area contributed by atoms with Crippen molar-refractivity contribution in [2.24, 2.45) is 17.2 Å². The van der Waals surface area contributed by atoms with E-state index in [4.69, 9.17) is 27.0 Å². The molecule has 2 aromatic heterocycles. The molecule has 9 atom stereocenters. The van der Waals surface area contributed by atoms with E-state index in [-0.39, 0.29) is 31.5 Å². The third-order valence-corrected chi connectivity index (χ3v) is 9.49. The average molecular weight is 861 g/mol. The molecule has 27 nitrogen and oxygen atoms in total. The molecular weight excluding hydrogens is 812 g/mol. The van der Waals surface area contributed by atoms with E-state index in [0.717, 1.165) is 4.90 Å². The van der Waals surface area contributed by atoms with E-state index in [1.54, 1.807) is 0 Å². The van der Waals surface area contributed by atoms with E-state index < -0.39 is 133 Å². The Morgan fingerprint density at radius 2 is 1.61 bits per heavy atom. The van der Waals surface area contributed by atoms with Gasteiger partial charge in [0, 0.05) is 18.3 Å². The van der Waals surface area contributed by atoms with Crippen LogP contribution in [0.1, 0.15) is 56.5 Å². The van der Waals surface area contributed by atoms with Gasteiger partial charge >= 0.3 is 11.9 Å². The summed E-state index contributed by atoms with van der Waals surface area (Å²) in [4.78, 5) is 146. The van der Waals surface area contributed by atoms with E-state index in [1.807, 2.05) is 0 Å². The molecule has 61 heavy (non-hydrogen) atoms. The van der Waals surface area contributed by atoms with Crippen molar-refractivity contribution in [3.8, 4) is 0 Å². The van der Waals surface area contributed by atoms with E-state index in [2.05, 4.69) is 51.8 Å². The Morgan fingerprint density at radius 3 is 2.21 bits per heavy atom. The Balaban J connectivity index is 1.76. The summed E-state index contributed by atoms with van der Waals surface area (Å²) < 4.78 is 6.13. The minimum atomic E-state index is -1.90. The quantitative estimate of drug-likeness (QED) is 0.0620. The molecule has 0 aliphatic carbocycles. The van der Waals surface area contributed by atoms with Crippen LogP contribution in [0.5, 0.6) is 0 Å². The van der Waals surface area contributed by atoms with Gasteiger partial charge in [0.15, 0.2) is 6.17 Å². The van der Waals surface area contributed by atoms with Crippen LogP contribution in [0.2, 0.25) is 0 Å². The molecule has 332 valence electrons. The zero-order valence-electron chi connectivity index (χ0n) is 32.6. The van der Waals surface area contributed by atoms with Crippen LogP contribution >= 0.6 is 0 Å². The highest BCUT2D eigenvalue weighted by atomic mass is 16.5. The first-order valence-corrected chi connectivity index (χ1v) is 18.8. The number of aliphatic carboxylic acids is 2. The highest BCUT2D eigenvalue weighted by Crippen LogP contribution is 2.30. The highest BCUT2D eigenvalue weighted by molar-refractivity contribution is 6.02. The van der Waals surface area contributed by atoms with Gasteiger partial charge in [0.1, 0.15) is 42.4 Å². The Morgan fingerprint density at radius 1 is 0.902 bits per heavy atom. The summed E-state index contributed by atoms with van der Waals surface area (Å²) in [6.07, 6.45) is 0.157. The maximum absolute atomic E-state index is 14.4. The zero-order valence-corrected chi connectivity index (χ0v) is 32.6. The molecule has 2 fully saturated rings. The van der Waals surface area contributed by atoms with Gasteiger partial charge in [-0.25, -0.2) is 14.8 Å².